The van der Waals surface area contributed by atoms with Gasteiger partial charge < -0.3 is 10.1 Å². The highest BCUT2D eigenvalue weighted by molar-refractivity contribution is 6.32. The smallest absolute Gasteiger partial charge is 0.276 e. The summed E-state index contributed by atoms with van der Waals surface area (Å²) in [4.78, 5) is 22.5. The Labute approximate surface area is 165 Å². The number of non-ortho nitro benzene ring substituents is 1. The number of hydrogen-bond acceptors (Lipinski definition) is 5. The molecule has 0 aliphatic rings. The first-order chi connectivity index (χ1) is 13.5. The quantitative estimate of drug-likeness (QED) is 0.471. The summed E-state index contributed by atoms with van der Waals surface area (Å²) in [6.07, 6.45) is 2.52. The highest BCUT2D eigenvalue weighted by atomic mass is 35.5. The van der Waals surface area contributed by atoms with Crippen LogP contribution >= 0.6 is 11.6 Å². The Morgan fingerprint density at radius 2 is 2.00 bits per heavy atom. The number of nitrogens with zero attached hydrogens (tertiary/aromatic N) is 3. The third kappa shape index (κ3) is 4.66. The Bertz CT molecular complexity index is 1000. The number of nitro groups is 1. The van der Waals surface area contributed by atoms with Gasteiger partial charge in [0.25, 0.3) is 11.6 Å². The van der Waals surface area contributed by atoms with Gasteiger partial charge in [0.05, 0.1) is 9.95 Å². The van der Waals surface area contributed by atoms with Crippen molar-refractivity contribution < 1.29 is 14.5 Å². The number of anilines is 1. The maximum atomic E-state index is 12.3. The number of aryl methyl sites for hydroxylation is 1. The molecule has 0 unspecified atom stereocenters. The van der Waals surface area contributed by atoms with E-state index in [-0.39, 0.29) is 34.8 Å². The fourth-order valence-corrected chi connectivity index (χ4v) is 2.66. The number of benzene rings is 2. The molecule has 1 heterocycles. The Morgan fingerprint density at radius 3 is 2.64 bits per heavy atom. The van der Waals surface area contributed by atoms with Crippen molar-refractivity contribution in [3.63, 3.8) is 0 Å². The van der Waals surface area contributed by atoms with E-state index in [1.807, 2.05) is 24.3 Å². The molecule has 0 atom stereocenters. The predicted octanol–water partition coefficient (Wildman–Crippen LogP) is 4.30. The van der Waals surface area contributed by atoms with Gasteiger partial charge >= 0.3 is 0 Å². The van der Waals surface area contributed by atoms with E-state index < -0.39 is 4.92 Å². The maximum absolute atomic E-state index is 12.3. The molecule has 144 valence electrons. The number of carbonyl (C=O) groups is 1. The minimum Gasteiger partial charge on any atom is -0.470 e. The molecule has 1 aromatic heterocycles. The molecule has 0 bridgehead atoms. The second kappa shape index (κ2) is 8.53. The van der Waals surface area contributed by atoms with Gasteiger partial charge in [-0.1, -0.05) is 30.7 Å². The van der Waals surface area contributed by atoms with Crippen LogP contribution in [0.2, 0.25) is 5.02 Å². The highest BCUT2D eigenvalue weighted by Gasteiger charge is 2.12. The van der Waals surface area contributed by atoms with E-state index in [0.29, 0.717) is 5.69 Å². The third-order valence-electron chi connectivity index (χ3n) is 3.97. The molecule has 0 spiro atoms. The average molecular weight is 401 g/mol. The minimum atomic E-state index is -0.538. The predicted molar refractivity (Wildman–Crippen MR) is 105 cm³/mol. The lowest BCUT2D eigenvalue weighted by molar-refractivity contribution is -0.384. The van der Waals surface area contributed by atoms with Crippen molar-refractivity contribution in [1.82, 2.24) is 9.78 Å². The monoisotopic (exact) mass is 400 g/mol. The number of hydrogen-bond donors (Lipinski definition) is 1. The van der Waals surface area contributed by atoms with Crippen molar-refractivity contribution in [2.45, 2.75) is 20.1 Å². The van der Waals surface area contributed by atoms with Crippen molar-refractivity contribution in [3.8, 4) is 5.75 Å². The Hall–Kier alpha value is -3.39. The summed E-state index contributed by atoms with van der Waals surface area (Å²) in [6.45, 7) is 2.06. The Morgan fingerprint density at radius 1 is 1.25 bits per heavy atom. The fraction of sp³-hybridized carbons (Fsp3) is 0.158. The normalized spacial score (nSPS) is 10.5. The van der Waals surface area contributed by atoms with Gasteiger partial charge in [0.1, 0.15) is 5.75 Å². The molecule has 0 radical (unpaired) electrons. The number of nitro benzene ring substituents is 1. The van der Waals surface area contributed by atoms with E-state index in [1.165, 1.54) is 28.4 Å². The molecule has 28 heavy (non-hydrogen) atoms. The van der Waals surface area contributed by atoms with Crippen molar-refractivity contribution in [1.29, 1.82) is 0 Å². The second-order valence-electron chi connectivity index (χ2n) is 5.89. The van der Waals surface area contributed by atoms with Crippen LogP contribution in [0.5, 0.6) is 5.75 Å². The Balaban J connectivity index is 1.60. The molecule has 1 amide bonds. The zero-order chi connectivity index (χ0) is 20.1. The van der Waals surface area contributed by atoms with Gasteiger partial charge in [-0.15, -0.1) is 0 Å². The van der Waals surface area contributed by atoms with E-state index >= 15 is 0 Å². The van der Waals surface area contributed by atoms with Gasteiger partial charge in [-0.3, -0.25) is 14.9 Å². The topological polar surface area (TPSA) is 99.3 Å². The van der Waals surface area contributed by atoms with Crippen LogP contribution in [0.4, 0.5) is 11.4 Å². The van der Waals surface area contributed by atoms with Crippen molar-refractivity contribution >= 4 is 28.9 Å². The van der Waals surface area contributed by atoms with Crippen LogP contribution in [0.25, 0.3) is 0 Å². The first kappa shape index (κ1) is 19.4. The number of aromatic nitrogens is 2. The number of ether oxygens (including phenoxy) is 1. The molecule has 0 saturated heterocycles. The van der Waals surface area contributed by atoms with E-state index in [1.54, 1.807) is 12.3 Å². The van der Waals surface area contributed by atoms with Gasteiger partial charge in [-0.2, -0.15) is 5.10 Å². The molecule has 0 aliphatic carbocycles. The van der Waals surface area contributed by atoms with Crippen LogP contribution in [-0.2, 0) is 13.2 Å². The zero-order valence-electron chi connectivity index (χ0n) is 15.0. The molecule has 0 fully saturated rings. The first-order valence-electron chi connectivity index (χ1n) is 8.46. The standard InChI is InChI=1S/C19H17ClN4O4/c1-2-13-3-5-14(6-4-13)21-19(25)17-9-10-23(22-17)12-28-18-8-7-15(24(26)27)11-16(18)20/h3-11H,2,12H2,1H3,(H,21,25). The van der Waals surface area contributed by atoms with Gasteiger partial charge in [-0.05, 0) is 36.2 Å². The number of rotatable bonds is 7. The second-order valence-corrected chi connectivity index (χ2v) is 6.30. The lowest BCUT2D eigenvalue weighted by Crippen LogP contribution is -2.14. The van der Waals surface area contributed by atoms with Gasteiger partial charge in [-0.25, -0.2) is 4.68 Å². The average Bonchev–Trinajstić information content (AvgIpc) is 3.16. The van der Waals surface area contributed by atoms with Crippen LogP contribution in [0, 0.1) is 10.1 Å². The fourth-order valence-electron chi connectivity index (χ4n) is 2.43. The molecule has 8 nitrogen and oxygen atoms in total. The van der Waals surface area contributed by atoms with E-state index in [4.69, 9.17) is 16.3 Å². The van der Waals surface area contributed by atoms with Crippen molar-refractivity contribution in [3.05, 3.63) is 81.1 Å². The van der Waals surface area contributed by atoms with Crippen molar-refractivity contribution in [2.24, 2.45) is 0 Å². The first-order valence-corrected chi connectivity index (χ1v) is 8.84. The summed E-state index contributed by atoms with van der Waals surface area (Å²) in [7, 11) is 0. The minimum absolute atomic E-state index is 0.00396. The summed E-state index contributed by atoms with van der Waals surface area (Å²) in [5, 5.41) is 17.8. The third-order valence-corrected chi connectivity index (χ3v) is 4.27. The molecule has 9 heteroatoms. The SMILES string of the molecule is CCc1ccc(NC(=O)c2ccn(COc3ccc([N+](=O)[O-])cc3Cl)n2)cc1. The molecule has 3 rings (SSSR count). The lowest BCUT2D eigenvalue weighted by atomic mass is 10.1. The van der Waals surface area contributed by atoms with E-state index in [2.05, 4.69) is 17.3 Å². The summed E-state index contributed by atoms with van der Waals surface area (Å²) >= 11 is 5.98. The lowest BCUT2D eigenvalue weighted by Gasteiger charge is -2.08. The maximum Gasteiger partial charge on any atom is 0.276 e. The molecular weight excluding hydrogens is 384 g/mol. The Kier molecular flexibility index (Phi) is 5.90. The van der Waals surface area contributed by atoms with Gasteiger partial charge in [0.2, 0.25) is 0 Å². The molecule has 0 aliphatic heterocycles. The molecule has 0 saturated carbocycles. The van der Waals surface area contributed by atoms with E-state index in [0.717, 1.165) is 6.42 Å². The zero-order valence-corrected chi connectivity index (χ0v) is 15.7. The molecule has 2 aromatic carbocycles. The molecule has 3 aromatic rings. The number of halogens is 1. The largest absolute Gasteiger partial charge is 0.470 e. The molecule has 1 N–H and O–H groups in total. The number of amides is 1. The van der Waals surface area contributed by atoms with Crippen LogP contribution in [0.1, 0.15) is 23.0 Å². The molecular formula is C19H17ClN4O4. The van der Waals surface area contributed by atoms with Crippen LogP contribution in [0.15, 0.2) is 54.7 Å². The summed E-state index contributed by atoms with van der Waals surface area (Å²) < 4.78 is 6.93. The van der Waals surface area contributed by atoms with Crippen LogP contribution < -0.4 is 10.1 Å². The van der Waals surface area contributed by atoms with E-state index in [9.17, 15) is 14.9 Å². The number of nitrogens with one attached hydrogen (secondary N) is 1. The van der Waals surface area contributed by atoms with Crippen molar-refractivity contribution in [2.75, 3.05) is 5.32 Å². The van der Waals surface area contributed by atoms with Crippen LogP contribution in [0.3, 0.4) is 0 Å². The summed E-state index contributed by atoms with van der Waals surface area (Å²) in [6, 6.07) is 13.1. The highest BCUT2D eigenvalue weighted by Crippen LogP contribution is 2.28. The summed E-state index contributed by atoms with van der Waals surface area (Å²) in [5.41, 5.74) is 1.98. The summed E-state index contributed by atoms with van der Waals surface area (Å²) in [5.74, 6) is -0.0545. The van der Waals surface area contributed by atoms with Gasteiger partial charge in [0, 0.05) is 24.0 Å². The number of carbonyl (C=O) groups excluding carboxylic acids is 1. The van der Waals surface area contributed by atoms with Crippen LogP contribution in [-0.4, -0.2) is 20.6 Å². The van der Waals surface area contributed by atoms with Gasteiger partial charge in [0.15, 0.2) is 12.4 Å².